The molecule has 0 unspecified atom stereocenters. The number of rotatable bonds is 4. The molecule has 1 amide bonds. The molecule has 0 fully saturated rings. The van der Waals surface area contributed by atoms with Crippen LogP contribution in [-0.2, 0) is 0 Å². The van der Waals surface area contributed by atoms with Crippen molar-refractivity contribution in [3.05, 3.63) is 54.1 Å². The normalized spacial score (nSPS) is 10.7. The highest BCUT2D eigenvalue weighted by Gasteiger charge is 2.16. The standard InChI is InChI=1S/C15H11N7OS/c23-14(12-8-24-15(21-12)9-5-17-18-6-9)20-11-7-19-22-13(11)10-3-1-2-4-16-10/h1-8H,(H,17,18)(H,19,22)(H,20,23). The minimum atomic E-state index is -0.306. The summed E-state index contributed by atoms with van der Waals surface area (Å²) in [5.41, 5.74) is 3.08. The SMILES string of the molecule is O=C(Nc1cn[nH]c1-c1ccccn1)c1csc(-c2cn[nH]c2)n1. The largest absolute Gasteiger partial charge is 0.317 e. The Morgan fingerprint density at radius 1 is 1.21 bits per heavy atom. The number of thiazole rings is 1. The van der Waals surface area contributed by atoms with Gasteiger partial charge in [-0.15, -0.1) is 11.3 Å². The van der Waals surface area contributed by atoms with Crippen LogP contribution in [0.1, 0.15) is 10.5 Å². The maximum atomic E-state index is 12.4. The van der Waals surface area contributed by atoms with Crippen LogP contribution in [0.5, 0.6) is 0 Å². The number of hydrogen-bond acceptors (Lipinski definition) is 6. The number of hydrogen-bond donors (Lipinski definition) is 3. The van der Waals surface area contributed by atoms with Gasteiger partial charge in [-0.05, 0) is 12.1 Å². The number of nitrogens with one attached hydrogen (secondary N) is 3. The maximum absolute atomic E-state index is 12.4. The average Bonchev–Trinajstić information content (AvgIpc) is 3.36. The zero-order valence-corrected chi connectivity index (χ0v) is 13.0. The first-order valence-corrected chi connectivity index (χ1v) is 7.90. The monoisotopic (exact) mass is 337 g/mol. The molecule has 4 heterocycles. The van der Waals surface area contributed by atoms with Crippen molar-refractivity contribution in [1.82, 2.24) is 30.4 Å². The maximum Gasteiger partial charge on any atom is 0.275 e. The van der Waals surface area contributed by atoms with Gasteiger partial charge in [-0.1, -0.05) is 6.07 Å². The number of anilines is 1. The first kappa shape index (κ1) is 14.3. The zero-order chi connectivity index (χ0) is 16.4. The lowest BCUT2D eigenvalue weighted by molar-refractivity contribution is 0.102. The molecule has 118 valence electrons. The van der Waals surface area contributed by atoms with E-state index in [0.29, 0.717) is 22.8 Å². The summed E-state index contributed by atoms with van der Waals surface area (Å²) < 4.78 is 0. The van der Waals surface area contributed by atoms with Crippen molar-refractivity contribution in [1.29, 1.82) is 0 Å². The van der Waals surface area contributed by atoms with Crippen LogP contribution < -0.4 is 5.32 Å². The minimum Gasteiger partial charge on any atom is -0.317 e. The molecule has 0 aliphatic heterocycles. The van der Waals surface area contributed by atoms with Crippen LogP contribution in [0.3, 0.4) is 0 Å². The van der Waals surface area contributed by atoms with Crippen molar-refractivity contribution in [3.8, 4) is 22.0 Å². The number of carbonyl (C=O) groups excluding carboxylic acids is 1. The van der Waals surface area contributed by atoms with Crippen LogP contribution in [0, 0.1) is 0 Å². The highest BCUT2D eigenvalue weighted by Crippen LogP contribution is 2.25. The van der Waals surface area contributed by atoms with E-state index in [1.54, 1.807) is 30.2 Å². The molecule has 0 aromatic carbocycles. The Labute approximate surface area is 140 Å². The Hall–Kier alpha value is -3.33. The van der Waals surface area contributed by atoms with Crippen LogP contribution in [0.2, 0.25) is 0 Å². The second kappa shape index (κ2) is 6.05. The molecule has 0 bridgehead atoms. The quantitative estimate of drug-likeness (QED) is 0.530. The molecule has 0 saturated heterocycles. The van der Waals surface area contributed by atoms with Crippen molar-refractivity contribution in [3.63, 3.8) is 0 Å². The second-order valence-corrected chi connectivity index (χ2v) is 5.71. The Bertz CT molecular complexity index is 959. The van der Waals surface area contributed by atoms with Gasteiger partial charge in [0.05, 0.1) is 23.8 Å². The summed E-state index contributed by atoms with van der Waals surface area (Å²) >= 11 is 1.38. The predicted octanol–water partition coefficient (Wildman–Crippen LogP) is 2.57. The van der Waals surface area contributed by atoms with Gasteiger partial charge in [-0.25, -0.2) is 4.98 Å². The average molecular weight is 337 g/mol. The van der Waals surface area contributed by atoms with Crippen molar-refractivity contribution in [2.75, 3.05) is 5.32 Å². The third kappa shape index (κ3) is 2.68. The Morgan fingerprint density at radius 3 is 2.96 bits per heavy atom. The molecule has 0 radical (unpaired) electrons. The summed E-state index contributed by atoms with van der Waals surface area (Å²) in [6.07, 6.45) is 6.62. The topological polar surface area (TPSA) is 112 Å². The molecule has 4 aromatic rings. The van der Waals surface area contributed by atoms with Gasteiger partial charge in [0.1, 0.15) is 16.4 Å². The molecule has 4 aromatic heterocycles. The summed E-state index contributed by atoms with van der Waals surface area (Å²) in [5, 5.41) is 18.7. The molecule has 9 heteroatoms. The van der Waals surface area contributed by atoms with Gasteiger partial charge < -0.3 is 5.32 Å². The van der Waals surface area contributed by atoms with Crippen LogP contribution in [0.15, 0.2) is 48.4 Å². The summed E-state index contributed by atoms with van der Waals surface area (Å²) in [6.45, 7) is 0. The number of aromatic nitrogens is 6. The van der Waals surface area contributed by atoms with E-state index < -0.39 is 0 Å². The molecule has 0 atom stereocenters. The molecule has 8 nitrogen and oxygen atoms in total. The number of H-pyrrole nitrogens is 2. The molecule has 3 N–H and O–H groups in total. The molecular formula is C15H11N7OS. The molecule has 0 spiro atoms. The fourth-order valence-electron chi connectivity index (χ4n) is 2.15. The molecular weight excluding hydrogens is 326 g/mol. The van der Waals surface area contributed by atoms with Gasteiger partial charge in [0.25, 0.3) is 5.91 Å². The van der Waals surface area contributed by atoms with Crippen molar-refractivity contribution in [2.24, 2.45) is 0 Å². The third-order valence-corrected chi connectivity index (χ3v) is 4.18. The van der Waals surface area contributed by atoms with Gasteiger partial charge in [0.15, 0.2) is 0 Å². The van der Waals surface area contributed by atoms with E-state index in [-0.39, 0.29) is 5.91 Å². The Morgan fingerprint density at radius 2 is 2.17 bits per heavy atom. The molecule has 0 aliphatic rings. The second-order valence-electron chi connectivity index (χ2n) is 4.85. The van der Waals surface area contributed by atoms with Gasteiger partial charge in [-0.3, -0.25) is 20.0 Å². The number of carbonyl (C=O) groups is 1. The number of pyridine rings is 1. The number of nitrogens with zero attached hydrogens (tertiary/aromatic N) is 4. The summed E-state index contributed by atoms with van der Waals surface area (Å²) in [4.78, 5) is 21.0. The van der Waals surface area contributed by atoms with E-state index in [2.05, 4.69) is 35.7 Å². The number of amides is 1. The van der Waals surface area contributed by atoms with Gasteiger partial charge in [0, 0.05) is 23.3 Å². The van der Waals surface area contributed by atoms with Crippen molar-refractivity contribution in [2.45, 2.75) is 0 Å². The van der Waals surface area contributed by atoms with E-state index in [0.717, 1.165) is 10.6 Å². The smallest absolute Gasteiger partial charge is 0.275 e. The zero-order valence-electron chi connectivity index (χ0n) is 12.2. The molecule has 0 saturated carbocycles. The van der Waals surface area contributed by atoms with Crippen LogP contribution >= 0.6 is 11.3 Å². The summed E-state index contributed by atoms with van der Waals surface area (Å²) in [6, 6.07) is 5.53. The summed E-state index contributed by atoms with van der Waals surface area (Å²) in [5.74, 6) is -0.306. The predicted molar refractivity (Wildman–Crippen MR) is 89.5 cm³/mol. The fourth-order valence-corrected chi connectivity index (χ4v) is 2.93. The van der Waals surface area contributed by atoms with Crippen LogP contribution in [-0.4, -0.2) is 36.3 Å². The Balaban J connectivity index is 1.56. The summed E-state index contributed by atoms with van der Waals surface area (Å²) in [7, 11) is 0. The van der Waals surface area contributed by atoms with Crippen LogP contribution in [0.4, 0.5) is 5.69 Å². The van der Waals surface area contributed by atoms with Gasteiger partial charge in [0.2, 0.25) is 0 Å². The van der Waals surface area contributed by atoms with Gasteiger partial charge >= 0.3 is 0 Å². The van der Waals surface area contributed by atoms with E-state index in [1.165, 1.54) is 11.3 Å². The fraction of sp³-hybridized carbons (Fsp3) is 0. The lowest BCUT2D eigenvalue weighted by Crippen LogP contribution is -2.12. The number of aromatic amines is 2. The highest BCUT2D eigenvalue weighted by molar-refractivity contribution is 7.13. The van der Waals surface area contributed by atoms with Gasteiger partial charge in [-0.2, -0.15) is 10.2 Å². The molecule has 0 aliphatic carbocycles. The van der Waals surface area contributed by atoms with E-state index in [4.69, 9.17) is 0 Å². The van der Waals surface area contributed by atoms with E-state index in [9.17, 15) is 4.79 Å². The molecule has 24 heavy (non-hydrogen) atoms. The highest BCUT2D eigenvalue weighted by atomic mass is 32.1. The van der Waals surface area contributed by atoms with Crippen molar-refractivity contribution < 1.29 is 4.79 Å². The minimum absolute atomic E-state index is 0.306. The third-order valence-electron chi connectivity index (χ3n) is 3.29. The van der Waals surface area contributed by atoms with Crippen molar-refractivity contribution >= 4 is 22.9 Å². The lowest BCUT2D eigenvalue weighted by Gasteiger charge is -2.03. The Kier molecular flexibility index (Phi) is 3.60. The lowest BCUT2D eigenvalue weighted by atomic mass is 10.2. The molecule has 4 rings (SSSR count). The first-order chi connectivity index (χ1) is 11.8. The van der Waals surface area contributed by atoms with E-state index >= 15 is 0 Å². The first-order valence-electron chi connectivity index (χ1n) is 7.02. The van der Waals surface area contributed by atoms with E-state index in [1.807, 2.05) is 18.2 Å². The van der Waals surface area contributed by atoms with Crippen LogP contribution in [0.25, 0.3) is 22.0 Å².